The van der Waals surface area contributed by atoms with Gasteiger partial charge in [0.25, 0.3) is 0 Å². The number of nitrogens with zero attached hydrogens (tertiary/aromatic N) is 2. The first kappa shape index (κ1) is 14.5. The van der Waals surface area contributed by atoms with Crippen molar-refractivity contribution in [2.45, 2.75) is 0 Å². The van der Waals surface area contributed by atoms with Gasteiger partial charge in [0, 0.05) is 12.6 Å². The number of pyridine rings is 1. The molecule has 1 N–H and O–H groups in total. The molecule has 2 heterocycles. The first-order valence-corrected chi connectivity index (χ1v) is 6.12. The fourth-order valence-electron chi connectivity index (χ4n) is 1.99. The molecule has 2 rings (SSSR count). The van der Waals surface area contributed by atoms with Crippen LogP contribution >= 0.6 is 0 Å². The Morgan fingerprint density at radius 2 is 2.30 bits per heavy atom. The average molecular weight is 278 g/mol. The number of carbonyl (C=O) groups excluding carboxylic acids is 2. The molecule has 1 aromatic heterocycles. The van der Waals surface area contributed by atoms with Crippen LogP contribution in [0.25, 0.3) is 0 Å². The second kappa shape index (κ2) is 6.02. The van der Waals surface area contributed by atoms with Crippen molar-refractivity contribution in [3.05, 3.63) is 18.2 Å². The van der Waals surface area contributed by atoms with Crippen LogP contribution < -0.4 is 10.3 Å². The van der Waals surface area contributed by atoms with Crippen LogP contribution in [0.5, 0.6) is 5.88 Å². The summed E-state index contributed by atoms with van der Waals surface area (Å²) < 4.78 is 9.81. The summed E-state index contributed by atoms with van der Waals surface area (Å²) in [5.74, 6) is -1.49. The first-order chi connectivity index (χ1) is 9.51. The van der Waals surface area contributed by atoms with Gasteiger partial charge < -0.3 is 14.4 Å². The fourth-order valence-corrected chi connectivity index (χ4v) is 1.99. The molecule has 0 bridgehead atoms. The zero-order chi connectivity index (χ0) is 14.7. The number of Topliss-reactive ketones (excluding diaryl/α,β-unsaturated/α-hetero) is 1. The smallest absolute Gasteiger partial charge is 0.504 e. The highest BCUT2D eigenvalue weighted by Crippen LogP contribution is 2.12. The summed E-state index contributed by atoms with van der Waals surface area (Å²) in [4.78, 5) is 29.1. The summed E-state index contributed by atoms with van der Waals surface area (Å²) in [7, 11) is 1.67. The van der Waals surface area contributed by atoms with E-state index in [0.29, 0.717) is 12.4 Å². The number of hydrogen-bond donors (Lipinski definition) is 1. The van der Waals surface area contributed by atoms with Gasteiger partial charge in [0.1, 0.15) is 5.92 Å². The van der Waals surface area contributed by atoms with Gasteiger partial charge in [-0.25, -0.2) is 4.98 Å². The Kier molecular flexibility index (Phi) is 4.36. The third-order valence-electron chi connectivity index (χ3n) is 3.03. The summed E-state index contributed by atoms with van der Waals surface area (Å²) in [6.07, 6.45) is 0. The van der Waals surface area contributed by atoms with E-state index in [1.54, 1.807) is 24.1 Å². The van der Waals surface area contributed by atoms with Crippen molar-refractivity contribution in [1.82, 2.24) is 9.88 Å². The van der Waals surface area contributed by atoms with Crippen LogP contribution in [0, 0.1) is 5.92 Å². The molecule has 0 spiro atoms. The summed E-state index contributed by atoms with van der Waals surface area (Å²) in [6, 6.07) is 4.73. The normalized spacial score (nSPS) is 18.9. The van der Waals surface area contributed by atoms with Gasteiger partial charge in [0.15, 0.2) is 5.78 Å². The van der Waals surface area contributed by atoms with Gasteiger partial charge in [-0.1, -0.05) is 6.07 Å². The standard InChI is InChI=1S/C12H15BN2O5/c1-15-6-8(9(16)7-15)12(17)20-13(18)10-4-3-5-11(14-10)19-2/h3-5,8,18H,6-7H2,1-2H3. The molecular formula is C12H15BN2O5. The lowest BCUT2D eigenvalue weighted by Gasteiger charge is -2.12. The van der Waals surface area contributed by atoms with Crippen LogP contribution in [-0.4, -0.2) is 61.0 Å². The fraction of sp³-hybridized carbons (Fsp3) is 0.417. The number of rotatable bonds is 4. The van der Waals surface area contributed by atoms with Crippen molar-refractivity contribution in [2.75, 3.05) is 27.2 Å². The Morgan fingerprint density at radius 3 is 2.90 bits per heavy atom. The van der Waals surface area contributed by atoms with Crippen molar-refractivity contribution in [3.8, 4) is 5.88 Å². The molecule has 7 nitrogen and oxygen atoms in total. The van der Waals surface area contributed by atoms with Crippen LogP contribution in [0.15, 0.2) is 18.2 Å². The van der Waals surface area contributed by atoms with E-state index < -0.39 is 19.0 Å². The van der Waals surface area contributed by atoms with E-state index in [-0.39, 0.29) is 17.9 Å². The van der Waals surface area contributed by atoms with Crippen LogP contribution in [-0.2, 0) is 14.2 Å². The van der Waals surface area contributed by atoms with Gasteiger partial charge in [0.2, 0.25) is 5.88 Å². The van der Waals surface area contributed by atoms with Gasteiger partial charge in [-0.15, -0.1) is 0 Å². The van der Waals surface area contributed by atoms with Gasteiger partial charge >= 0.3 is 13.1 Å². The summed E-state index contributed by atoms with van der Waals surface area (Å²) in [5, 5.41) is 9.84. The number of likely N-dealkylation sites (tertiary alicyclic amines) is 1. The second-order valence-corrected chi connectivity index (χ2v) is 4.61. The minimum Gasteiger partial charge on any atom is -0.504 e. The molecule has 0 radical (unpaired) electrons. The quantitative estimate of drug-likeness (QED) is 0.527. The highest BCUT2D eigenvalue weighted by molar-refractivity contribution is 6.60. The number of likely N-dealkylation sites (N-methyl/N-ethyl adjacent to an activating group) is 1. The van der Waals surface area contributed by atoms with E-state index in [4.69, 9.17) is 9.39 Å². The molecule has 106 valence electrons. The molecule has 1 saturated heterocycles. The molecule has 8 heteroatoms. The van der Waals surface area contributed by atoms with E-state index >= 15 is 0 Å². The number of hydrogen-bond acceptors (Lipinski definition) is 7. The molecule has 0 amide bonds. The Balaban J connectivity index is 2.02. The number of carbonyl (C=O) groups is 2. The highest BCUT2D eigenvalue weighted by Gasteiger charge is 2.37. The van der Waals surface area contributed by atoms with Crippen molar-refractivity contribution < 1.29 is 24.0 Å². The molecule has 1 aliphatic rings. The van der Waals surface area contributed by atoms with E-state index in [1.165, 1.54) is 13.2 Å². The number of ketones is 1. The number of ether oxygens (including phenoxy) is 1. The van der Waals surface area contributed by atoms with E-state index in [2.05, 4.69) is 4.98 Å². The minimum atomic E-state index is -1.52. The maximum Gasteiger partial charge on any atom is 0.581 e. The Hall–Kier alpha value is -1.93. The summed E-state index contributed by atoms with van der Waals surface area (Å²) in [5.41, 5.74) is 0.150. The van der Waals surface area contributed by atoms with E-state index in [9.17, 15) is 14.6 Å². The van der Waals surface area contributed by atoms with E-state index in [1.807, 2.05) is 0 Å². The lowest BCUT2D eigenvalue weighted by Crippen LogP contribution is -2.41. The number of aromatic nitrogens is 1. The lowest BCUT2D eigenvalue weighted by atomic mass is 9.84. The molecule has 0 aliphatic carbocycles. The Morgan fingerprint density at radius 1 is 1.55 bits per heavy atom. The van der Waals surface area contributed by atoms with Gasteiger partial charge in [-0.2, -0.15) is 0 Å². The Bertz CT molecular complexity index is 524. The third-order valence-corrected chi connectivity index (χ3v) is 3.03. The molecule has 0 saturated carbocycles. The predicted octanol–water partition coefficient (Wildman–Crippen LogP) is -1.55. The molecular weight excluding hydrogens is 263 g/mol. The topological polar surface area (TPSA) is 89.0 Å². The van der Waals surface area contributed by atoms with Gasteiger partial charge in [-0.05, 0) is 13.1 Å². The number of methoxy groups -OCH3 is 1. The van der Waals surface area contributed by atoms with Crippen LogP contribution in [0.4, 0.5) is 0 Å². The average Bonchev–Trinajstić information content (AvgIpc) is 2.77. The summed E-state index contributed by atoms with van der Waals surface area (Å²) >= 11 is 0. The second-order valence-electron chi connectivity index (χ2n) is 4.61. The molecule has 20 heavy (non-hydrogen) atoms. The molecule has 1 fully saturated rings. The summed E-state index contributed by atoms with van der Waals surface area (Å²) in [6.45, 7) is 0.517. The molecule has 1 aliphatic heterocycles. The SMILES string of the molecule is COc1cccc(B(O)OC(=O)C2CN(C)CC2=O)n1. The van der Waals surface area contributed by atoms with Crippen LogP contribution in [0.1, 0.15) is 0 Å². The largest absolute Gasteiger partial charge is 0.581 e. The van der Waals surface area contributed by atoms with Crippen molar-refractivity contribution in [1.29, 1.82) is 0 Å². The zero-order valence-corrected chi connectivity index (χ0v) is 11.3. The minimum absolute atomic E-state index is 0.150. The van der Waals surface area contributed by atoms with Crippen LogP contribution in [0.3, 0.4) is 0 Å². The molecule has 1 aromatic rings. The van der Waals surface area contributed by atoms with Gasteiger partial charge in [0.05, 0.1) is 19.2 Å². The van der Waals surface area contributed by atoms with Crippen molar-refractivity contribution in [2.24, 2.45) is 5.92 Å². The molecule has 1 unspecified atom stereocenters. The zero-order valence-electron chi connectivity index (χ0n) is 11.3. The monoisotopic (exact) mass is 278 g/mol. The molecule has 1 atom stereocenters. The Labute approximate surface area is 116 Å². The predicted molar refractivity (Wildman–Crippen MR) is 70.5 cm³/mol. The lowest BCUT2D eigenvalue weighted by molar-refractivity contribution is -0.142. The highest BCUT2D eigenvalue weighted by atomic mass is 16.6. The van der Waals surface area contributed by atoms with Crippen LogP contribution in [0.2, 0.25) is 0 Å². The maximum absolute atomic E-state index is 11.9. The third kappa shape index (κ3) is 3.15. The van der Waals surface area contributed by atoms with Crippen molar-refractivity contribution in [3.63, 3.8) is 0 Å². The maximum atomic E-state index is 11.9. The first-order valence-electron chi connectivity index (χ1n) is 6.12. The molecule has 0 aromatic carbocycles. The van der Waals surface area contributed by atoms with E-state index in [0.717, 1.165) is 0 Å². The van der Waals surface area contributed by atoms with Gasteiger partial charge in [-0.3, -0.25) is 14.5 Å². The van der Waals surface area contributed by atoms with Crippen molar-refractivity contribution >= 4 is 24.5 Å².